The number of thiazole rings is 1. The number of hydrogen-bond acceptors (Lipinski definition) is 7. The van der Waals surface area contributed by atoms with Crippen molar-refractivity contribution >= 4 is 22.7 Å². The number of aromatic nitrogens is 1. The highest BCUT2D eigenvalue weighted by Gasteiger charge is 2.09. The number of rotatable bonds is 9. The molecule has 3 aromatic rings. The third-order valence-electron chi connectivity index (χ3n) is 4.82. The molecule has 4 rings (SSSR count). The molecule has 30 heavy (non-hydrogen) atoms. The van der Waals surface area contributed by atoms with E-state index in [-0.39, 0.29) is 0 Å². The van der Waals surface area contributed by atoms with Gasteiger partial charge in [-0.05, 0) is 36.2 Å². The lowest BCUT2D eigenvalue weighted by molar-refractivity contribution is 0.0358. The Bertz CT molecular complexity index is 922. The fraction of sp³-hybridized carbons (Fsp3) is 0.304. The molecule has 1 aliphatic heterocycles. The molecule has 0 spiro atoms. The van der Waals surface area contributed by atoms with E-state index in [9.17, 15) is 0 Å². The van der Waals surface area contributed by atoms with E-state index in [2.05, 4.69) is 20.4 Å². The fourth-order valence-corrected chi connectivity index (χ4v) is 3.85. The van der Waals surface area contributed by atoms with Crippen LogP contribution in [0, 0.1) is 0 Å². The Kier molecular flexibility index (Phi) is 7.44. The maximum absolute atomic E-state index is 5.84. The molecule has 1 saturated heterocycles. The van der Waals surface area contributed by atoms with Gasteiger partial charge in [-0.2, -0.15) is 5.10 Å². The fourth-order valence-electron chi connectivity index (χ4n) is 3.18. The van der Waals surface area contributed by atoms with Gasteiger partial charge in [0.1, 0.15) is 5.75 Å². The van der Waals surface area contributed by atoms with Gasteiger partial charge in [0.05, 0.1) is 31.7 Å². The van der Waals surface area contributed by atoms with Crippen LogP contribution in [0.2, 0.25) is 0 Å². The standard InChI is InChI=1S/C23H26N4O2S/c1-2-5-20(6-3-1)22-18-30-23(25-22)26-24-17-19-7-9-21(10-8-19)29-14-4-11-27-12-15-28-16-13-27/h1-3,5-10,17-18H,4,11-16H2,(H,25,26). The van der Waals surface area contributed by atoms with Gasteiger partial charge in [-0.25, -0.2) is 4.98 Å². The van der Waals surface area contributed by atoms with Crippen LogP contribution in [-0.4, -0.2) is 55.6 Å². The molecule has 0 aliphatic carbocycles. The number of nitrogens with zero attached hydrogens (tertiary/aromatic N) is 3. The summed E-state index contributed by atoms with van der Waals surface area (Å²) in [5.41, 5.74) is 6.06. The number of benzene rings is 2. The largest absolute Gasteiger partial charge is 0.494 e. The summed E-state index contributed by atoms with van der Waals surface area (Å²) < 4.78 is 11.2. The lowest BCUT2D eigenvalue weighted by atomic mass is 10.2. The minimum Gasteiger partial charge on any atom is -0.494 e. The first-order valence-corrected chi connectivity index (χ1v) is 11.1. The molecule has 2 heterocycles. The van der Waals surface area contributed by atoms with Crippen LogP contribution < -0.4 is 10.2 Å². The summed E-state index contributed by atoms with van der Waals surface area (Å²) in [4.78, 5) is 6.99. The highest BCUT2D eigenvalue weighted by Crippen LogP contribution is 2.24. The van der Waals surface area contributed by atoms with Gasteiger partial charge in [0.2, 0.25) is 5.13 Å². The molecular weight excluding hydrogens is 396 g/mol. The van der Waals surface area contributed by atoms with Crippen molar-refractivity contribution in [2.75, 3.05) is 44.9 Å². The second-order valence-electron chi connectivity index (χ2n) is 7.00. The Labute approximate surface area is 181 Å². The molecule has 156 valence electrons. The van der Waals surface area contributed by atoms with Crippen molar-refractivity contribution in [3.05, 3.63) is 65.5 Å². The Morgan fingerprint density at radius 3 is 2.70 bits per heavy atom. The van der Waals surface area contributed by atoms with Crippen molar-refractivity contribution in [2.24, 2.45) is 5.10 Å². The van der Waals surface area contributed by atoms with E-state index in [0.717, 1.165) is 73.6 Å². The van der Waals surface area contributed by atoms with Gasteiger partial charge in [-0.15, -0.1) is 11.3 Å². The number of anilines is 1. The van der Waals surface area contributed by atoms with Crippen molar-refractivity contribution < 1.29 is 9.47 Å². The minimum atomic E-state index is 0.722. The van der Waals surface area contributed by atoms with Gasteiger partial charge in [0, 0.05) is 30.6 Å². The topological polar surface area (TPSA) is 59.0 Å². The molecule has 0 unspecified atom stereocenters. The first-order chi connectivity index (χ1) is 14.9. The Balaban J connectivity index is 1.20. The smallest absolute Gasteiger partial charge is 0.203 e. The number of ether oxygens (including phenoxy) is 2. The number of morpholine rings is 1. The normalized spacial score (nSPS) is 14.8. The second-order valence-corrected chi connectivity index (χ2v) is 7.86. The number of hydrogen-bond donors (Lipinski definition) is 1. The van der Waals surface area contributed by atoms with Crippen LogP contribution in [0.4, 0.5) is 5.13 Å². The Morgan fingerprint density at radius 1 is 1.10 bits per heavy atom. The van der Waals surface area contributed by atoms with Crippen molar-refractivity contribution in [1.82, 2.24) is 9.88 Å². The lowest BCUT2D eigenvalue weighted by Crippen LogP contribution is -2.37. The van der Waals surface area contributed by atoms with Crippen LogP contribution in [0.1, 0.15) is 12.0 Å². The maximum atomic E-state index is 5.84. The molecule has 0 radical (unpaired) electrons. The summed E-state index contributed by atoms with van der Waals surface area (Å²) in [6, 6.07) is 18.1. The molecular formula is C23H26N4O2S. The van der Waals surface area contributed by atoms with E-state index in [0.29, 0.717) is 0 Å². The second kappa shape index (κ2) is 10.9. The summed E-state index contributed by atoms with van der Waals surface area (Å²) >= 11 is 1.54. The highest BCUT2D eigenvalue weighted by molar-refractivity contribution is 7.14. The SMILES string of the molecule is C(=NNc1nc(-c2ccccc2)cs1)c1ccc(OCCCN2CCOCC2)cc1. The highest BCUT2D eigenvalue weighted by atomic mass is 32.1. The molecule has 1 aliphatic rings. The van der Waals surface area contributed by atoms with Gasteiger partial charge in [0.15, 0.2) is 0 Å². The molecule has 1 fully saturated rings. The maximum Gasteiger partial charge on any atom is 0.203 e. The molecule has 1 aromatic heterocycles. The van der Waals surface area contributed by atoms with Gasteiger partial charge < -0.3 is 9.47 Å². The van der Waals surface area contributed by atoms with Crippen molar-refractivity contribution in [3.8, 4) is 17.0 Å². The molecule has 7 heteroatoms. The van der Waals surface area contributed by atoms with Gasteiger partial charge >= 0.3 is 0 Å². The third-order valence-corrected chi connectivity index (χ3v) is 5.57. The summed E-state index contributed by atoms with van der Waals surface area (Å²) in [7, 11) is 0. The van der Waals surface area contributed by atoms with Crippen LogP contribution in [0.3, 0.4) is 0 Å². The first kappa shape index (κ1) is 20.5. The quantitative estimate of drug-likeness (QED) is 0.315. The Hall–Kier alpha value is -2.74. The van der Waals surface area contributed by atoms with Crippen molar-refractivity contribution in [1.29, 1.82) is 0 Å². The number of nitrogens with one attached hydrogen (secondary N) is 1. The van der Waals surface area contributed by atoms with E-state index in [1.54, 1.807) is 6.21 Å². The summed E-state index contributed by atoms with van der Waals surface area (Å²) in [5.74, 6) is 0.884. The molecule has 0 bridgehead atoms. The molecule has 0 amide bonds. The molecule has 0 saturated carbocycles. The molecule has 1 N–H and O–H groups in total. The molecule has 0 atom stereocenters. The van der Waals surface area contributed by atoms with Crippen LogP contribution in [-0.2, 0) is 4.74 Å². The van der Waals surface area contributed by atoms with E-state index in [4.69, 9.17) is 9.47 Å². The Morgan fingerprint density at radius 2 is 1.90 bits per heavy atom. The first-order valence-electron chi connectivity index (χ1n) is 10.2. The van der Waals surface area contributed by atoms with E-state index in [1.807, 2.05) is 60.0 Å². The third kappa shape index (κ3) is 6.13. The molecule has 2 aromatic carbocycles. The van der Waals surface area contributed by atoms with Crippen LogP contribution in [0.5, 0.6) is 5.75 Å². The van der Waals surface area contributed by atoms with E-state index < -0.39 is 0 Å². The minimum absolute atomic E-state index is 0.722. The van der Waals surface area contributed by atoms with Crippen molar-refractivity contribution in [2.45, 2.75) is 6.42 Å². The van der Waals surface area contributed by atoms with Crippen molar-refractivity contribution in [3.63, 3.8) is 0 Å². The van der Waals surface area contributed by atoms with Gasteiger partial charge in [-0.1, -0.05) is 30.3 Å². The van der Waals surface area contributed by atoms with Gasteiger partial charge in [-0.3, -0.25) is 10.3 Å². The summed E-state index contributed by atoms with van der Waals surface area (Å²) in [6.45, 7) is 5.51. The lowest BCUT2D eigenvalue weighted by Gasteiger charge is -2.26. The van der Waals surface area contributed by atoms with Crippen LogP contribution >= 0.6 is 11.3 Å². The zero-order valence-electron chi connectivity index (χ0n) is 16.9. The van der Waals surface area contributed by atoms with E-state index >= 15 is 0 Å². The zero-order chi connectivity index (χ0) is 20.4. The molecule has 6 nitrogen and oxygen atoms in total. The monoisotopic (exact) mass is 422 g/mol. The van der Waals surface area contributed by atoms with E-state index in [1.165, 1.54) is 11.3 Å². The zero-order valence-corrected chi connectivity index (χ0v) is 17.7. The van der Waals surface area contributed by atoms with Crippen LogP contribution in [0.15, 0.2) is 65.1 Å². The van der Waals surface area contributed by atoms with Crippen LogP contribution in [0.25, 0.3) is 11.3 Å². The summed E-state index contributed by atoms with van der Waals surface area (Å²) in [6.07, 6.45) is 2.80. The predicted molar refractivity (Wildman–Crippen MR) is 123 cm³/mol. The average molecular weight is 423 g/mol. The average Bonchev–Trinajstić information content (AvgIpc) is 3.28. The van der Waals surface area contributed by atoms with Gasteiger partial charge in [0.25, 0.3) is 0 Å². The summed E-state index contributed by atoms with van der Waals surface area (Å²) in [5, 5.41) is 7.09. The number of hydrazone groups is 1. The predicted octanol–water partition coefficient (Wildman–Crippen LogP) is 4.36.